The van der Waals surface area contributed by atoms with Gasteiger partial charge in [0, 0.05) is 24.5 Å². The van der Waals surface area contributed by atoms with Crippen molar-refractivity contribution in [3.8, 4) is 0 Å². The molecule has 0 atom stereocenters. The van der Waals surface area contributed by atoms with Gasteiger partial charge in [0.1, 0.15) is 5.56 Å². The van der Waals surface area contributed by atoms with E-state index in [-0.39, 0.29) is 16.9 Å². The van der Waals surface area contributed by atoms with Crippen molar-refractivity contribution in [1.82, 2.24) is 10.3 Å². The highest BCUT2D eigenvalue weighted by Crippen LogP contribution is 2.03. The molecule has 4 nitrogen and oxygen atoms in total. The standard InChI is InChI=1S/C15H16N2O2/c1-10-4-3-5-12(6-10)8-17-15(19)13-9-16-11(2)7-14(13)18/h3-7,9H,8H2,1-2H3,(H,16,18)(H,17,19). The number of hydrogen-bond donors (Lipinski definition) is 2. The summed E-state index contributed by atoms with van der Waals surface area (Å²) in [5, 5.41) is 2.74. The first-order valence-corrected chi connectivity index (χ1v) is 6.09. The van der Waals surface area contributed by atoms with Crippen molar-refractivity contribution in [3.63, 3.8) is 0 Å². The predicted octanol–water partition coefficient (Wildman–Crippen LogP) is 1.92. The maximum atomic E-state index is 11.9. The number of nitrogens with one attached hydrogen (secondary N) is 2. The highest BCUT2D eigenvalue weighted by Gasteiger charge is 2.09. The smallest absolute Gasteiger partial charge is 0.257 e. The van der Waals surface area contributed by atoms with E-state index < -0.39 is 0 Å². The molecule has 1 heterocycles. The Morgan fingerprint density at radius 2 is 2.05 bits per heavy atom. The summed E-state index contributed by atoms with van der Waals surface area (Å²) < 4.78 is 0. The minimum atomic E-state index is -0.359. The van der Waals surface area contributed by atoms with Crippen LogP contribution < -0.4 is 10.7 Å². The van der Waals surface area contributed by atoms with Gasteiger partial charge >= 0.3 is 0 Å². The maximum absolute atomic E-state index is 11.9. The highest BCUT2D eigenvalue weighted by atomic mass is 16.2. The van der Waals surface area contributed by atoms with Gasteiger partial charge in [-0.15, -0.1) is 0 Å². The number of aromatic amines is 1. The number of benzene rings is 1. The molecule has 0 aliphatic heterocycles. The number of pyridine rings is 1. The van der Waals surface area contributed by atoms with Crippen LogP contribution in [-0.2, 0) is 6.54 Å². The third-order valence-corrected chi connectivity index (χ3v) is 2.84. The van der Waals surface area contributed by atoms with E-state index in [0.29, 0.717) is 6.54 Å². The summed E-state index contributed by atoms with van der Waals surface area (Å²) in [6.45, 7) is 4.18. The lowest BCUT2D eigenvalue weighted by molar-refractivity contribution is 0.0949. The summed E-state index contributed by atoms with van der Waals surface area (Å²) in [7, 11) is 0. The molecule has 1 aromatic carbocycles. The van der Waals surface area contributed by atoms with Crippen LogP contribution in [-0.4, -0.2) is 10.9 Å². The van der Waals surface area contributed by atoms with Crippen molar-refractivity contribution in [2.75, 3.05) is 0 Å². The van der Waals surface area contributed by atoms with E-state index in [2.05, 4.69) is 10.3 Å². The minimum Gasteiger partial charge on any atom is -0.364 e. The van der Waals surface area contributed by atoms with Gasteiger partial charge in [-0.25, -0.2) is 0 Å². The zero-order valence-corrected chi connectivity index (χ0v) is 11.0. The third kappa shape index (κ3) is 3.31. The molecule has 1 amide bonds. The highest BCUT2D eigenvalue weighted by molar-refractivity contribution is 5.93. The fraction of sp³-hybridized carbons (Fsp3) is 0.200. The Hall–Kier alpha value is -2.36. The second-order valence-electron chi connectivity index (χ2n) is 4.57. The van der Waals surface area contributed by atoms with E-state index in [0.717, 1.165) is 16.8 Å². The summed E-state index contributed by atoms with van der Waals surface area (Å²) >= 11 is 0. The first-order valence-electron chi connectivity index (χ1n) is 6.09. The molecule has 0 spiro atoms. The molecule has 1 aromatic heterocycles. The summed E-state index contributed by atoms with van der Waals surface area (Å²) in [6.07, 6.45) is 1.45. The Balaban J connectivity index is 2.07. The van der Waals surface area contributed by atoms with E-state index in [4.69, 9.17) is 0 Å². The van der Waals surface area contributed by atoms with Crippen LogP contribution in [0.4, 0.5) is 0 Å². The largest absolute Gasteiger partial charge is 0.364 e. The van der Waals surface area contributed by atoms with Crippen LogP contribution in [0.5, 0.6) is 0 Å². The van der Waals surface area contributed by atoms with E-state index in [1.54, 1.807) is 6.92 Å². The van der Waals surface area contributed by atoms with Gasteiger partial charge in [-0.1, -0.05) is 29.8 Å². The van der Waals surface area contributed by atoms with Crippen LogP contribution in [0.15, 0.2) is 41.3 Å². The Morgan fingerprint density at radius 3 is 2.74 bits per heavy atom. The number of aromatic nitrogens is 1. The molecular weight excluding hydrogens is 240 g/mol. The topological polar surface area (TPSA) is 62.0 Å². The number of H-pyrrole nitrogens is 1. The Labute approximate surface area is 111 Å². The molecule has 2 aromatic rings. The quantitative estimate of drug-likeness (QED) is 0.881. The fourth-order valence-corrected chi connectivity index (χ4v) is 1.85. The zero-order chi connectivity index (χ0) is 13.8. The number of carbonyl (C=O) groups is 1. The number of hydrogen-bond acceptors (Lipinski definition) is 2. The lowest BCUT2D eigenvalue weighted by Gasteiger charge is -2.06. The lowest BCUT2D eigenvalue weighted by Crippen LogP contribution is -2.28. The summed E-state index contributed by atoms with van der Waals surface area (Å²) in [6, 6.07) is 9.29. The second kappa shape index (κ2) is 5.52. The molecule has 98 valence electrons. The molecule has 19 heavy (non-hydrogen) atoms. The molecule has 0 aliphatic rings. The molecule has 0 saturated carbocycles. The average molecular weight is 256 g/mol. The van der Waals surface area contributed by atoms with Gasteiger partial charge in [0.15, 0.2) is 5.43 Å². The molecule has 4 heteroatoms. The SMILES string of the molecule is Cc1cccc(CNC(=O)c2c[nH]c(C)cc2=O)c1. The Kier molecular flexibility index (Phi) is 3.80. The van der Waals surface area contributed by atoms with Crippen molar-refractivity contribution >= 4 is 5.91 Å². The van der Waals surface area contributed by atoms with E-state index in [1.165, 1.54) is 12.3 Å². The average Bonchev–Trinajstić information content (AvgIpc) is 2.36. The lowest BCUT2D eigenvalue weighted by atomic mass is 10.1. The maximum Gasteiger partial charge on any atom is 0.257 e. The van der Waals surface area contributed by atoms with Crippen LogP contribution in [0.25, 0.3) is 0 Å². The number of amides is 1. The van der Waals surface area contributed by atoms with E-state index in [1.807, 2.05) is 31.2 Å². The first kappa shape index (κ1) is 13.1. The summed E-state index contributed by atoms with van der Waals surface area (Å²) in [5.41, 5.74) is 2.76. The number of aryl methyl sites for hydroxylation is 2. The zero-order valence-electron chi connectivity index (χ0n) is 11.0. The number of rotatable bonds is 3. The molecule has 2 N–H and O–H groups in total. The predicted molar refractivity (Wildman–Crippen MR) is 74.1 cm³/mol. The normalized spacial score (nSPS) is 10.2. The van der Waals surface area contributed by atoms with Crippen LogP contribution in [0, 0.1) is 13.8 Å². The van der Waals surface area contributed by atoms with Gasteiger partial charge in [-0.3, -0.25) is 9.59 Å². The molecule has 0 radical (unpaired) electrons. The molecule has 0 unspecified atom stereocenters. The van der Waals surface area contributed by atoms with Crippen LogP contribution >= 0.6 is 0 Å². The Morgan fingerprint density at radius 1 is 1.26 bits per heavy atom. The third-order valence-electron chi connectivity index (χ3n) is 2.84. The van der Waals surface area contributed by atoms with E-state index >= 15 is 0 Å². The molecule has 0 fully saturated rings. The first-order chi connectivity index (χ1) is 9.06. The molecule has 0 saturated heterocycles. The van der Waals surface area contributed by atoms with Crippen LogP contribution in [0.2, 0.25) is 0 Å². The minimum absolute atomic E-state index is 0.137. The number of carbonyl (C=O) groups excluding carboxylic acids is 1. The van der Waals surface area contributed by atoms with Crippen LogP contribution in [0.3, 0.4) is 0 Å². The van der Waals surface area contributed by atoms with Crippen molar-refractivity contribution < 1.29 is 4.79 Å². The van der Waals surface area contributed by atoms with Gasteiger partial charge in [0.05, 0.1) is 0 Å². The molecule has 0 aliphatic carbocycles. The van der Waals surface area contributed by atoms with Gasteiger partial charge in [0.25, 0.3) is 5.91 Å². The molecular formula is C15H16N2O2. The van der Waals surface area contributed by atoms with Gasteiger partial charge < -0.3 is 10.3 Å². The van der Waals surface area contributed by atoms with Crippen molar-refractivity contribution in [3.05, 3.63) is 69.1 Å². The van der Waals surface area contributed by atoms with Crippen molar-refractivity contribution in [1.29, 1.82) is 0 Å². The van der Waals surface area contributed by atoms with Crippen molar-refractivity contribution in [2.24, 2.45) is 0 Å². The Bertz CT molecular complexity index is 659. The van der Waals surface area contributed by atoms with Crippen LogP contribution in [0.1, 0.15) is 27.2 Å². The molecule has 0 bridgehead atoms. The summed E-state index contributed by atoms with van der Waals surface area (Å²) in [4.78, 5) is 26.4. The van der Waals surface area contributed by atoms with Crippen molar-refractivity contribution in [2.45, 2.75) is 20.4 Å². The second-order valence-corrected chi connectivity index (χ2v) is 4.57. The van der Waals surface area contributed by atoms with Gasteiger partial charge in [0.2, 0.25) is 0 Å². The van der Waals surface area contributed by atoms with Gasteiger partial charge in [-0.2, -0.15) is 0 Å². The summed E-state index contributed by atoms with van der Waals surface area (Å²) in [5.74, 6) is -0.359. The molecule has 2 rings (SSSR count). The van der Waals surface area contributed by atoms with E-state index in [9.17, 15) is 9.59 Å². The monoisotopic (exact) mass is 256 g/mol. The fourth-order valence-electron chi connectivity index (χ4n) is 1.85. The van der Waals surface area contributed by atoms with Gasteiger partial charge in [-0.05, 0) is 19.4 Å².